The van der Waals surface area contributed by atoms with Gasteiger partial charge in [0.25, 0.3) is 5.91 Å². The maximum atomic E-state index is 13.8. The number of methoxy groups -OCH3 is 1. The Bertz CT molecular complexity index is 1030. The summed E-state index contributed by atoms with van der Waals surface area (Å²) in [5, 5.41) is 15.8. The zero-order valence-electron chi connectivity index (χ0n) is 22.7. The molecular weight excluding hydrogens is 498 g/mol. The van der Waals surface area contributed by atoms with Crippen molar-refractivity contribution in [1.29, 1.82) is 0 Å². The van der Waals surface area contributed by atoms with E-state index < -0.39 is 5.60 Å². The van der Waals surface area contributed by atoms with Crippen LogP contribution in [0.25, 0.3) is 0 Å². The lowest BCUT2D eigenvalue weighted by Crippen LogP contribution is -2.61. The number of thioether (sulfide) groups is 1. The molecule has 1 aromatic heterocycles. The van der Waals surface area contributed by atoms with Gasteiger partial charge in [-0.2, -0.15) is 0 Å². The van der Waals surface area contributed by atoms with Crippen LogP contribution in [0.2, 0.25) is 0 Å². The van der Waals surface area contributed by atoms with Gasteiger partial charge in [-0.05, 0) is 93.6 Å². The van der Waals surface area contributed by atoms with Crippen LogP contribution in [0.5, 0.6) is 0 Å². The summed E-state index contributed by atoms with van der Waals surface area (Å²) in [4.78, 5) is 33.0. The monoisotopic (exact) mass is 541 g/mol. The summed E-state index contributed by atoms with van der Waals surface area (Å²) in [6, 6.07) is 4.14. The van der Waals surface area contributed by atoms with Crippen molar-refractivity contribution in [3.05, 3.63) is 17.7 Å². The number of nitrogens with one attached hydrogen (secondary N) is 1. The summed E-state index contributed by atoms with van der Waals surface area (Å²) < 4.78 is 4.91. The number of rotatable bonds is 7. The Hall–Kier alpha value is -1.80. The van der Waals surface area contributed by atoms with Gasteiger partial charge >= 0.3 is 5.97 Å². The topological polar surface area (TPSA) is 91.8 Å². The summed E-state index contributed by atoms with van der Waals surface area (Å²) in [5.41, 5.74) is 0.197. The fourth-order valence-corrected chi connectivity index (χ4v) is 9.73. The van der Waals surface area contributed by atoms with E-state index in [4.69, 9.17) is 9.72 Å². The molecule has 6 aliphatic rings. The standard InChI is InChI=1S/C30H43N3O4S/c1-37-26(34)14-19-6-5-11-33(18-19)25-10-9-24(29(31-25)38-23-7-3-2-4-8-23)28(35)32-27-21-12-20-13-22(27)17-30(36,15-20)16-21/h9-10,19-23,27,36H,2-8,11-18H2,1H3,(H,32,35)/t19-,20?,21?,22?,27?,30?/m0/s1. The molecule has 5 aliphatic carbocycles. The number of pyridine rings is 1. The largest absolute Gasteiger partial charge is 0.469 e. The number of piperidine rings is 1. The van der Waals surface area contributed by atoms with E-state index in [9.17, 15) is 14.7 Å². The number of nitrogens with zero attached hydrogens (tertiary/aromatic N) is 2. The van der Waals surface area contributed by atoms with Gasteiger partial charge in [0.2, 0.25) is 0 Å². The van der Waals surface area contributed by atoms with Gasteiger partial charge in [-0.3, -0.25) is 9.59 Å². The Morgan fingerprint density at radius 3 is 2.58 bits per heavy atom. The predicted octanol–water partition coefficient (Wildman–Crippen LogP) is 4.96. The van der Waals surface area contributed by atoms with Gasteiger partial charge in [0, 0.05) is 30.8 Å². The highest BCUT2D eigenvalue weighted by molar-refractivity contribution is 7.99. The fourth-order valence-electron chi connectivity index (χ4n) is 8.42. The average Bonchev–Trinajstić information content (AvgIpc) is 2.90. The number of aromatic nitrogens is 1. The SMILES string of the molecule is COC(=O)C[C@@H]1CCCN(c2ccc(C(=O)NC3C4CC5CC3CC(O)(C5)C4)c(SC3CCCCC3)n2)C1. The number of carbonyl (C=O) groups is 2. The number of aliphatic hydroxyl groups is 1. The van der Waals surface area contributed by atoms with Crippen LogP contribution in [0.1, 0.15) is 93.8 Å². The first-order chi connectivity index (χ1) is 18.4. The van der Waals surface area contributed by atoms with Gasteiger partial charge in [-0.15, -0.1) is 11.8 Å². The van der Waals surface area contributed by atoms with E-state index in [1.54, 1.807) is 11.8 Å². The number of hydrogen-bond donors (Lipinski definition) is 2. The molecule has 2 N–H and O–H groups in total. The minimum Gasteiger partial charge on any atom is -0.469 e. The van der Waals surface area contributed by atoms with Gasteiger partial charge in [0.15, 0.2) is 0 Å². The van der Waals surface area contributed by atoms with Gasteiger partial charge in [0.1, 0.15) is 10.8 Å². The molecule has 208 valence electrons. The van der Waals surface area contributed by atoms with Crippen LogP contribution < -0.4 is 10.2 Å². The number of anilines is 1. The lowest BCUT2D eigenvalue weighted by atomic mass is 9.52. The second kappa shape index (κ2) is 11.0. The summed E-state index contributed by atoms with van der Waals surface area (Å²) in [6.45, 7) is 1.70. The van der Waals surface area contributed by atoms with Gasteiger partial charge in [-0.25, -0.2) is 4.98 Å². The Balaban J connectivity index is 1.21. The third kappa shape index (κ3) is 5.58. The third-order valence-electron chi connectivity index (χ3n) is 9.99. The number of amides is 1. The minimum absolute atomic E-state index is 0.00552. The minimum atomic E-state index is -0.497. The predicted molar refractivity (Wildman–Crippen MR) is 148 cm³/mol. The van der Waals surface area contributed by atoms with E-state index in [-0.39, 0.29) is 23.8 Å². The van der Waals surface area contributed by atoms with Crippen molar-refractivity contribution >= 4 is 29.5 Å². The zero-order valence-corrected chi connectivity index (χ0v) is 23.5. The second-order valence-electron chi connectivity index (χ2n) is 12.8. The van der Waals surface area contributed by atoms with E-state index in [1.165, 1.54) is 39.2 Å². The van der Waals surface area contributed by atoms with Crippen molar-refractivity contribution < 1.29 is 19.4 Å². The molecule has 0 radical (unpaired) electrons. The maximum absolute atomic E-state index is 13.8. The Kier molecular flexibility index (Phi) is 7.64. The lowest BCUT2D eigenvalue weighted by molar-refractivity contribution is -0.141. The molecule has 0 aromatic carbocycles. The molecule has 2 unspecified atom stereocenters. The van der Waals surface area contributed by atoms with Crippen molar-refractivity contribution in [3.8, 4) is 0 Å². The lowest BCUT2D eigenvalue weighted by Gasteiger charge is -2.58. The smallest absolute Gasteiger partial charge is 0.305 e. The molecule has 3 atom stereocenters. The highest BCUT2D eigenvalue weighted by Crippen LogP contribution is 2.55. The zero-order chi connectivity index (χ0) is 26.3. The molecule has 0 spiro atoms. The summed E-state index contributed by atoms with van der Waals surface area (Å²) in [5.74, 6) is 2.41. The number of carbonyl (C=O) groups excluding carboxylic acids is 2. The molecule has 7 rings (SSSR count). The van der Waals surface area contributed by atoms with Crippen molar-refractivity contribution in [3.63, 3.8) is 0 Å². The van der Waals surface area contributed by atoms with E-state index in [0.717, 1.165) is 68.9 Å². The van der Waals surface area contributed by atoms with Crippen LogP contribution in [0, 0.1) is 23.7 Å². The van der Waals surface area contributed by atoms with Crippen LogP contribution >= 0.6 is 11.8 Å². The second-order valence-corrected chi connectivity index (χ2v) is 14.1. The maximum Gasteiger partial charge on any atom is 0.305 e. The van der Waals surface area contributed by atoms with Gasteiger partial charge < -0.3 is 20.1 Å². The summed E-state index contributed by atoms with van der Waals surface area (Å²) in [6.07, 6.45) is 13.5. The third-order valence-corrected chi connectivity index (χ3v) is 11.3. The van der Waals surface area contributed by atoms with Gasteiger partial charge in [-0.1, -0.05) is 19.3 Å². The molecule has 6 fully saturated rings. The van der Waals surface area contributed by atoms with Crippen LogP contribution in [0.3, 0.4) is 0 Å². The summed E-state index contributed by atoms with van der Waals surface area (Å²) >= 11 is 1.79. The first kappa shape index (κ1) is 26.4. The normalized spacial score (nSPS) is 34.8. The number of ether oxygens (including phenoxy) is 1. The molecule has 1 aliphatic heterocycles. The van der Waals surface area contributed by atoms with E-state index in [0.29, 0.717) is 35.0 Å². The van der Waals surface area contributed by atoms with Crippen LogP contribution in [0.15, 0.2) is 17.2 Å². The average molecular weight is 542 g/mol. The Labute approximate surface area is 230 Å². The molecule has 1 aromatic rings. The number of esters is 1. The number of hydrogen-bond acceptors (Lipinski definition) is 7. The van der Waals surface area contributed by atoms with E-state index in [1.807, 2.05) is 12.1 Å². The van der Waals surface area contributed by atoms with Crippen LogP contribution in [-0.4, -0.2) is 59.1 Å². The Morgan fingerprint density at radius 1 is 1.11 bits per heavy atom. The highest BCUT2D eigenvalue weighted by atomic mass is 32.2. The van der Waals surface area contributed by atoms with Crippen LogP contribution in [-0.2, 0) is 9.53 Å². The molecule has 38 heavy (non-hydrogen) atoms. The molecule has 4 bridgehead atoms. The molecule has 8 heteroatoms. The van der Waals surface area contributed by atoms with Gasteiger partial charge in [0.05, 0.1) is 18.3 Å². The molecule has 5 saturated carbocycles. The Morgan fingerprint density at radius 2 is 1.87 bits per heavy atom. The fraction of sp³-hybridized carbons (Fsp3) is 0.767. The first-order valence-corrected chi connectivity index (χ1v) is 15.8. The molecule has 1 saturated heterocycles. The van der Waals surface area contributed by atoms with Crippen LogP contribution in [0.4, 0.5) is 5.82 Å². The first-order valence-electron chi connectivity index (χ1n) is 14.9. The van der Waals surface area contributed by atoms with Crippen molar-refractivity contribution in [1.82, 2.24) is 10.3 Å². The van der Waals surface area contributed by atoms with E-state index in [2.05, 4.69) is 10.2 Å². The van der Waals surface area contributed by atoms with Crippen molar-refractivity contribution in [2.45, 2.75) is 105 Å². The quantitative estimate of drug-likeness (QED) is 0.472. The molecule has 2 heterocycles. The van der Waals surface area contributed by atoms with Crippen molar-refractivity contribution in [2.75, 3.05) is 25.1 Å². The molecule has 7 nitrogen and oxygen atoms in total. The summed E-state index contributed by atoms with van der Waals surface area (Å²) in [7, 11) is 1.45. The van der Waals surface area contributed by atoms with Crippen molar-refractivity contribution in [2.24, 2.45) is 23.7 Å². The molecular formula is C30H43N3O4S. The van der Waals surface area contributed by atoms with E-state index >= 15 is 0 Å². The molecule has 1 amide bonds. The highest BCUT2D eigenvalue weighted by Gasteiger charge is 2.55.